The van der Waals surface area contributed by atoms with Gasteiger partial charge in [-0.15, -0.1) is 0 Å². The first kappa shape index (κ1) is 54.1. The van der Waals surface area contributed by atoms with Crippen LogP contribution in [-0.2, 0) is 0 Å². The summed E-state index contributed by atoms with van der Waals surface area (Å²) in [4.78, 5) is 30.6. The van der Waals surface area contributed by atoms with E-state index in [-0.39, 0.29) is 0 Å². The van der Waals surface area contributed by atoms with Crippen molar-refractivity contribution < 1.29 is 0 Å². The minimum Gasteiger partial charge on any atom is -0.309 e. The highest BCUT2D eigenvalue weighted by molar-refractivity contribution is 6.12. The van der Waals surface area contributed by atoms with Gasteiger partial charge in [0, 0.05) is 49.8 Å². The average Bonchev–Trinajstić information content (AvgIpc) is 2.35. The number of para-hydroxylation sites is 1. The molecule has 16 aromatic rings. The number of benzene rings is 13. The van der Waals surface area contributed by atoms with Crippen LogP contribution in [0.3, 0.4) is 0 Å². The molecule has 0 spiro atoms. The number of hydrogen-bond acceptors (Lipinski definition) is 6. The Hall–Kier alpha value is -12.3. The van der Waals surface area contributed by atoms with Crippen molar-refractivity contribution in [3.05, 3.63) is 334 Å². The van der Waals surface area contributed by atoms with Crippen molar-refractivity contribution in [1.29, 1.82) is 0 Å². The molecule has 0 atom stereocenters. The van der Waals surface area contributed by atoms with E-state index in [0.29, 0.717) is 34.9 Å². The third-order valence-electron chi connectivity index (χ3n) is 16.9. The van der Waals surface area contributed by atoms with E-state index >= 15 is 0 Å². The Labute approximate surface area is 527 Å². The maximum Gasteiger partial charge on any atom is 0.164 e. The highest BCUT2D eigenvalue weighted by Gasteiger charge is 2.19. The molecule has 426 valence electrons. The van der Waals surface area contributed by atoms with Crippen molar-refractivity contribution in [3.8, 4) is 141 Å². The van der Waals surface area contributed by atoms with Crippen molar-refractivity contribution in [1.82, 2.24) is 34.5 Å². The summed E-state index contributed by atoms with van der Waals surface area (Å²) in [5.74, 6) is 3.69. The summed E-state index contributed by atoms with van der Waals surface area (Å²) >= 11 is 0. The van der Waals surface area contributed by atoms with E-state index in [1.54, 1.807) is 0 Å². The van der Waals surface area contributed by atoms with Gasteiger partial charge in [-0.3, -0.25) is 0 Å². The first-order valence-electron chi connectivity index (χ1n) is 30.6. The molecule has 91 heavy (non-hydrogen) atoms. The highest BCUT2D eigenvalue weighted by atomic mass is 15.0. The molecule has 0 aliphatic rings. The predicted octanol–water partition coefficient (Wildman–Crippen LogP) is 21.2. The van der Waals surface area contributed by atoms with Crippen LogP contribution in [0.15, 0.2) is 334 Å². The van der Waals surface area contributed by atoms with Gasteiger partial charge in [0.15, 0.2) is 34.9 Å². The Morgan fingerprint density at radius 1 is 0.154 bits per heavy atom. The van der Waals surface area contributed by atoms with E-state index in [1.807, 2.05) is 78.9 Å². The second kappa shape index (κ2) is 23.7. The number of hydrogen-bond donors (Lipinski definition) is 0. The van der Waals surface area contributed by atoms with Crippen LogP contribution >= 0.6 is 0 Å². The van der Waals surface area contributed by atoms with Gasteiger partial charge in [0.25, 0.3) is 0 Å². The van der Waals surface area contributed by atoms with Crippen molar-refractivity contribution in [3.63, 3.8) is 0 Å². The number of rotatable bonds is 13. The molecule has 3 heterocycles. The van der Waals surface area contributed by atoms with Crippen LogP contribution in [-0.4, -0.2) is 34.5 Å². The largest absolute Gasteiger partial charge is 0.309 e. The number of aromatic nitrogens is 7. The van der Waals surface area contributed by atoms with Crippen molar-refractivity contribution >= 4 is 21.8 Å². The first-order valence-corrected chi connectivity index (χ1v) is 30.6. The molecule has 0 N–H and O–H groups in total. The Balaban J connectivity index is 0.746. The van der Waals surface area contributed by atoms with Gasteiger partial charge in [-0.05, 0) is 140 Å². The SMILES string of the molecule is c1ccc(-c2cc(-c3ccccc3)cc(-c3cccc(-c4nc(-c5ccccc5)nc(-c5cccc(-c6ccc7c(c6)c6cc(-c8ccc(-c9cccc(-c%10nc(-c%11ccccc%11)nc(-c%11ccccc%11)n%10)c9)cc8)ccc6n7-c6ccccc6)c5)n4)c3)c2)cc1. The van der Waals surface area contributed by atoms with Gasteiger partial charge >= 0.3 is 0 Å². The van der Waals surface area contributed by atoms with Crippen LogP contribution in [0.4, 0.5) is 0 Å². The summed E-state index contributed by atoms with van der Waals surface area (Å²) in [6, 6.07) is 117. The van der Waals surface area contributed by atoms with Crippen molar-refractivity contribution in [2.24, 2.45) is 0 Å². The fraction of sp³-hybridized carbons (Fsp3) is 0. The monoisotopic (exact) mass is 1160 g/mol. The summed E-state index contributed by atoms with van der Waals surface area (Å²) in [6.45, 7) is 0. The molecule has 0 aliphatic carbocycles. The molecule has 0 aliphatic heterocycles. The molecule has 3 aromatic heterocycles. The standard InChI is InChI=1S/C84H55N7/c1-7-22-56(23-8-1)71-51-72(57-24-9-2-10-25-57)53-73(52-71)65-34-21-37-70(50-65)84-89-81(62-30-15-5-16-31-62)88-83(90-84)69-36-20-33-64(49-69)67-45-47-78-76(55-67)75-54-66(44-46-77(75)91(78)74-38-17-6-18-39-74)59-42-40-58(41-43-59)63-32-19-35-68(48-63)82-86-79(60-26-11-3-12-27-60)85-80(87-82)61-28-13-4-14-29-61/h1-55H. The van der Waals surface area contributed by atoms with Crippen LogP contribution in [0.1, 0.15) is 0 Å². The molecule has 0 saturated carbocycles. The Bertz CT molecular complexity index is 5190. The van der Waals surface area contributed by atoms with Crippen LogP contribution in [0.2, 0.25) is 0 Å². The maximum absolute atomic E-state index is 5.30. The summed E-state index contributed by atoms with van der Waals surface area (Å²) in [6.07, 6.45) is 0. The first-order chi connectivity index (χ1) is 45.0. The fourth-order valence-corrected chi connectivity index (χ4v) is 12.3. The Morgan fingerprint density at radius 2 is 0.374 bits per heavy atom. The van der Waals surface area contributed by atoms with Crippen LogP contribution in [0, 0.1) is 0 Å². The van der Waals surface area contributed by atoms with Gasteiger partial charge in [-0.2, -0.15) is 0 Å². The van der Waals surface area contributed by atoms with Gasteiger partial charge in [-0.1, -0.05) is 261 Å². The molecular weight excluding hydrogens is 1110 g/mol. The summed E-state index contributed by atoms with van der Waals surface area (Å²) in [5, 5.41) is 2.31. The Kier molecular flexibility index (Phi) is 14.1. The van der Waals surface area contributed by atoms with E-state index in [0.717, 1.165) is 128 Å². The van der Waals surface area contributed by atoms with E-state index in [2.05, 4.69) is 259 Å². The second-order valence-electron chi connectivity index (χ2n) is 22.7. The Morgan fingerprint density at radius 3 is 0.736 bits per heavy atom. The second-order valence-corrected chi connectivity index (χ2v) is 22.7. The molecule has 7 heteroatoms. The molecule has 0 unspecified atom stereocenters. The smallest absolute Gasteiger partial charge is 0.164 e. The zero-order valence-electron chi connectivity index (χ0n) is 49.4. The zero-order chi connectivity index (χ0) is 60.5. The molecule has 13 aromatic carbocycles. The molecule has 0 saturated heterocycles. The fourth-order valence-electron chi connectivity index (χ4n) is 12.3. The normalized spacial score (nSPS) is 11.3. The minimum absolute atomic E-state index is 0.594. The molecule has 0 bridgehead atoms. The van der Waals surface area contributed by atoms with Gasteiger partial charge in [0.1, 0.15) is 0 Å². The van der Waals surface area contributed by atoms with E-state index in [1.165, 1.54) is 0 Å². The molecule has 7 nitrogen and oxygen atoms in total. The third-order valence-corrected chi connectivity index (χ3v) is 16.9. The zero-order valence-corrected chi connectivity index (χ0v) is 49.4. The van der Waals surface area contributed by atoms with Gasteiger partial charge in [0.2, 0.25) is 0 Å². The minimum atomic E-state index is 0.594. The predicted molar refractivity (Wildman–Crippen MR) is 373 cm³/mol. The quantitative estimate of drug-likeness (QED) is 0.114. The van der Waals surface area contributed by atoms with Gasteiger partial charge in [-0.25, -0.2) is 29.9 Å². The van der Waals surface area contributed by atoms with Crippen LogP contribution in [0.25, 0.3) is 163 Å². The topological polar surface area (TPSA) is 82.3 Å². The average molecular weight is 1160 g/mol. The summed E-state index contributed by atoms with van der Waals surface area (Å²) in [5.41, 5.74) is 22.2. The van der Waals surface area contributed by atoms with Crippen molar-refractivity contribution in [2.75, 3.05) is 0 Å². The van der Waals surface area contributed by atoms with E-state index < -0.39 is 0 Å². The maximum atomic E-state index is 5.30. The third kappa shape index (κ3) is 10.9. The summed E-state index contributed by atoms with van der Waals surface area (Å²) in [7, 11) is 0. The lowest BCUT2D eigenvalue weighted by molar-refractivity contribution is 1.07. The van der Waals surface area contributed by atoms with Crippen LogP contribution < -0.4 is 0 Å². The lowest BCUT2D eigenvalue weighted by atomic mass is 9.93. The molecule has 0 amide bonds. The number of fused-ring (bicyclic) bond motifs is 3. The van der Waals surface area contributed by atoms with Crippen LogP contribution in [0.5, 0.6) is 0 Å². The molecule has 0 radical (unpaired) electrons. The molecule has 16 rings (SSSR count). The van der Waals surface area contributed by atoms with Gasteiger partial charge in [0.05, 0.1) is 11.0 Å². The molecule has 0 fully saturated rings. The lowest BCUT2D eigenvalue weighted by Gasteiger charge is -2.13. The summed E-state index contributed by atoms with van der Waals surface area (Å²) < 4.78 is 2.37. The molecular formula is C84H55N7. The lowest BCUT2D eigenvalue weighted by Crippen LogP contribution is -2.00. The van der Waals surface area contributed by atoms with Gasteiger partial charge < -0.3 is 4.57 Å². The van der Waals surface area contributed by atoms with Crippen molar-refractivity contribution in [2.45, 2.75) is 0 Å². The highest BCUT2D eigenvalue weighted by Crippen LogP contribution is 2.40. The van der Waals surface area contributed by atoms with E-state index in [4.69, 9.17) is 29.9 Å². The van der Waals surface area contributed by atoms with E-state index in [9.17, 15) is 0 Å². The number of nitrogens with zero attached hydrogens (tertiary/aromatic N) is 7.